The van der Waals surface area contributed by atoms with Gasteiger partial charge in [-0.25, -0.2) is 9.50 Å². The van der Waals surface area contributed by atoms with E-state index in [9.17, 15) is 13.2 Å². The van der Waals surface area contributed by atoms with Crippen LogP contribution in [0.15, 0.2) is 54.7 Å². The quantitative estimate of drug-likeness (QED) is 0.295. The number of methoxy groups -OCH3 is 1. The Labute approximate surface area is 207 Å². The van der Waals surface area contributed by atoms with E-state index < -0.39 is 12.6 Å². The molecule has 4 aromatic rings. The second kappa shape index (κ2) is 11.0. The molecule has 36 heavy (non-hydrogen) atoms. The first kappa shape index (κ1) is 25.5. The summed E-state index contributed by atoms with van der Waals surface area (Å²) in [5.41, 5.74) is 11.7. The van der Waals surface area contributed by atoms with Crippen LogP contribution in [-0.2, 0) is 17.8 Å². The van der Waals surface area contributed by atoms with Crippen molar-refractivity contribution in [1.82, 2.24) is 14.6 Å². The number of fused-ring (bicyclic) bond motifs is 1. The van der Waals surface area contributed by atoms with Gasteiger partial charge in [0.25, 0.3) is 0 Å². The second-order valence-electron chi connectivity index (χ2n) is 8.40. The first-order valence-corrected chi connectivity index (χ1v) is 11.5. The number of nitrogens with zero attached hydrogens (tertiary/aromatic N) is 3. The maximum atomic E-state index is 12.8. The van der Waals surface area contributed by atoms with Gasteiger partial charge in [0.05, 0.1) is 50.1 Å². The third kappa shape index (κ3) is 6.13. The second-order valence-corrected chi connectivity index (χ2v) is 8.40. The van der Waals surface area contributed by atoms with Gasteiger partial charge in [-0.1, -0.05) is 24.3 Å². The highest BCUT2D eigenvalue weighted by molar-refractivity contribution is 5.73. The van der Waals surface area contributed by atoms with Gasteiger partial charge in [0.15, 0.2) is 5.65 Å². The molecule has 0 saturated heterocycles. The molecule has 0 atom stereocenters. The SMILES string of the molecule is COc1ccc(Cc2cc(NCCC(F)(F)F)c3ncc(-c4ccc(COCN)c(C)c4)n3n2)cc1. The van der Waals surface area contributed by atoms with E-state index in [4.69, 9.17) is 20.3 Å². The fraction of sp³-hybridized carbons (Fsp3) is 0.308. The van der Waals surface area contributed by atoms with Gasteiger partial charge in [-0.3, -0.25) is 0 Å². The highest BCUT2D eigenvalue weighted by atomic mass is 19.4. The molecule has 0 spiro atoms. The molecule has 10 heteroatoms. The lowest BCUT2D eigenvalue weighted by atomic mass is 10.0. The Morgan fingerprint density at radius 1 is 1.08 bits per heavy atom. The molecule has 2 aromatic carbocycles. The van der Waals surface area contributed by atoms with Crippen molar-refractivity contribution in [3.63, 3.8) is 0 Å². The van der Waals surface area contributed by atoms with Crippen molar-refractivity contribution in [2.24, 2.45) is 5.73 Å². The van der Waals surface area contributed by atoms with Crippen LogP contribution in [0.1, 0.15) is 28.8 Å². The minimum atomic E-state index is -4.25. The smallest absolute Gasteiger partial charge is 0.390 e. The van der Waals surface area contributed by atoms with Gasteiger partial charge in [-0.2, -0.15) is 18.3 Å². The summed E-state index contributed by atoms with van der Waals surface area (Å²) in [5, 5.41) is 7.69. The first-order chi connectivity index (χ1) is 17.3. The number of hydrogen-bond acceptors (Lipinski definition) is 6. The molecule has 0 amide bonds. The lowest BCUT2D eigenvalue weighted by Crippen LogP contribution is -2.15. The molecule has 0 aliphatic heterocycles. The molecule has 0 fully saturated rings. The van der Waals surface area contributed by atoms with E-state index in [1.807, 2.05) is 49.4 Å². The Balaban J connectivity index is 1.71. The largest absolute Gasteiger partial charge is 0.497 e. The summed E-state index contributed by atoms with van der Waals surface area (Å²) in [6, 6.07) is 15.3. The number of hydrogen-bond donors (Lipinski definition) is 2. The number of nitrogens with two attached hydrogens (primary N) is 1. The van der Waals surface area contributed by atoms with Crippen molar-refractivity contribution >= 4 is 11.3 Å². The molecule has 3 N–H and O–H groups in total. The molecular weight excluding hydrogens is 471 g/mol. The monoisotopic (exact) mass is 499 g/mol. The average molecular weight is 500 g/mol. The molecular formula is C26H28F3N5O2. The molecule has 2 aromatic heterocycles. The van der Waals surface area contributed by atoms with Crippen LogP contribution in [0, 0.1) is 6.92 Å². The number of benzene rings is 2. The number of alkyl halides is 3. The zero-order chi connectivity index (χ0) is 25.7. The van der Waals surface area contributed by atoms with Crippen molar-refractivity contribution in [2.45, 2.75) is 32.5 Å². The van der Waals surface area contributed by atoms with Crippen LogP contribution in [-0.4, -0.2) is 41.2 Å². The normalized spacial score (nSPS) is 11.7. The maximum Gasteiger partial charge on any atom is 0.390 e. The van der Waals surface area contributed by atoms with E-state index in [1.165, 1.54) is 0 Å². The summed E-state index contributed by atoms with van der Waals surface area (Å²) in [6.45, 7) is 2.27. The summed E-state index contributed by atoms with van der Waals surface area (Å²) in [6.07, 6.45) is -3.04. The Morgan fingerprint density at radius 3 is 2.53 bits per heavy atom. The van der Waals surface area contributed by atoms with Crippen LogP contribution >= 0.6 is 0 Å². The molecule has 2 heterocycles. The average Bonchev–Trinajstić information content (AvgIpc) is 3.27. The summed E-state index contributed by atoms with van der Waals surface area (Å²) in [5.74, 6) is 0.740. The van der Waals surface area contributed by atoms with Gasteiger partial charge in [-0.05, 0) is 47.9 Å². The summed E-state index contributed by atoms with van der Waals surface area (Å²) >= 11 is 0. The number of aromatic nitrogens is 3. The number of ether oxygens (including phenoxy) is 2. The van der Waals surface area contributed by atoms with Crippen LogP contribution in [0.3, 0.4) is 0 Å². The topological polar surface area (TPSA) is 86.7 Å². The van der Waals surface area contributed by atoms with Crippen molar-refractivity contribution in [3.8, 4) is 17.0 Å². The predicted octanol–water partition coefficient (Wildman–Crippen LogP) is 5.10. The van der Waals surface area contributed by atoms with Crippen molar-refractivity contribution in [2.75, 3.05) is 25.7 Å². The summed E-state index contributed by atoms with van der Waals surface area (Å²) in [4.78, 5) is 4.48. The molecule has 0 bridgehead atoms. The van der Waals surface area contributed by atoms with Crippen molar-refractivity contribution in [3.05, 3.63) is 77.1 Å². The standard InChI is InChI=1S/C26H28F3N5O2/c1-17-11-19(5-6-20(17)15-36-16-30)24-14-32-25-23(31-10-9-26(27,28)29)13-21(33-34(24)25)12-18-3-7-22(35-2)8-4-18/h3-8,11,13-14,31H,9-10,12,15-16,30H2,1-2H3. The Hall–Kier alpha value is -3.63. The first-order valence-electron chi connectivity index (χ1n) is 11.5. The van der Waals surface area contributed by atoms with E-state index in [0.717, 1.165) is 33.7 Å². The number of aryl methyl sites for hydroxylation is 1. The molecule has 4 rings (SSSR count). The minimum absolute atomic E-state index is 0.138. The summed E-state index contributed by atoms with van der Waals surface area (Å²) < 4.78 is 50.5. The maximum absolute atomic E-state index is 12.8. The fourth-order valence-corrected chi connectivity index (χ4v) is 3.91. The summed E-state index contributed by atoms with van der Waals surface area (Å²) in [7, 11) is 1.60. The van der Waals surface area contributed by atoms with Gasteiger partial charge in [0.2, 0.25) is 0 Å². The van der Waals surface area contributed by atoms with Crippen LogP contribution in [0.5, 0.6) is 5.75 Å². The van der Waals surface area contributed by atoms with Crippen molar-refractivity contribution in [1.29, 1.82) is 0 Å². The molecule has 0 unspecified atom stereocenters. The Morgan fingerprint density at radius 2 is 1.86 bits per heavy atom. The number of rotatable bonds is 10. The van der Waals surface area contributed by atoms with E-state index in [0.29, 0.717) is 30.1 Å². The zero-order valence-electron chi connectivity index (χ0n) is 20.1. The molecule has 0 radical (unpaired) electrons. The molecule has 0 saturated carbocycles. The fourth-order valence-electron chi connectivity index (χ4n) is 3.91. The van der Waals surface area contributed by atoms with Gasteiger partial charge in [-0.15, -0.1) is 0 Å². The number of anilines is 1. The van der Waals surface area contributed by atoms with E-state index in [2.05, 4.69) is 10.3 Å². The van der Waals surface area contributed by atoms with Gasteiger partial charge >= 0.3 is 6.18 Å². The third-order valence-corrected chi connectivity index (χ3v) is 5.80. The highest BCUT2D eigenvalue weighted by Crippen LogP contribution is 2.28. The van der Waals surface area contributed by atoms with Crippen LogP contribution in [0.2, 0.25) is 0 Å². The van der Waals surface area contributed by atoms with E-state index >= 15 is 0 Å². The molecule has 190 valence electrons. The zero-order valence-corrected chi connectivity index (χ0v) is 20.1. The minimum Gasteiger partial charge on any atom is -0.497 e. The van der Waals surface area contributed by atoms with Crippen LogP contribution in [0.4, 0.5) is 18.9 Å². The Kier molecular flexibility index (Phi) is 7.76. The van der Waals surface area contributed by atoms with E-state index in [1.54, 1.807) is 23.9 Å². The number of nitrogens with one attached hydrogen (secondary N) is 1. The van der Waals surface area contributed by atoms with Crippen LogP contribution < -0.4 is 15.8 Å². The van der Waals surface area contributed by atoms with Gasteiger partial charge in [0, 0.05) is 18.5 Å². The van der Waals surface area contributed by atoms with Crippen LogP contribution in [0.25, 0.3) is 16.9 Å². The highest BCUT2D eigenvalue weighted by Gasteiger charge is 2.26. The lowest BCUT2D eigenvalue weighted by molar-refractivity contribution is -0.131. The molecule has 7 nitrogen and oxygen atoms in total. The Bertz CT molecular complexity index is 1320. The number of halogens is 3. The molecule has 0 aliphatic carbocycles. The lowest BCUT2D eigenvalue weighted by Gasteiger charge is -2.13. The molecule has 0 aliphatic rings. The third-order valence-electron chi connectivity index (χ3n) is 5.80. The number of imidazole rings is 1. The van der Waals surface area contributed by atoms with E-state index in [-0.39, 0.29) is 13.3 Å². The predicted molar refractivity (Wildman–Crippen MR) is 132 cm³/mol. The van der Waals surface area contributed by atoms with Gasteiger partial charge < -0.3 is 20.5 Å². The van der Waals surface area contributed by atoms with Crippen molar-refractivity contribution < 1.29 is 22.6 Å². The van der Waals surface area contributed by atoms with Gasteiger partial charge in [0.1, 0.15) is 5.75 Å².